The molecule has 0 radical (unpaired) electrons. The van der Waals surface area contributed by atoms with Gasteiger partial charge in [0.2, 0.25) is 0 Å². The van der Waals surface area contributed by atoms with Crippen LogP contribution in [0.3, 0.4) is 0 Å². The van der Waals surface area contributed by atoms with Crippen LogP contribution in [0, 0.1) is 0 Å². The standard InChI is InChI=1S/C18H22N2O3/c1-20(2)18(22)13-23-17-5-3-4-16(10-17)19-11-14-6-8-15(12-21)9-7-14/h3-10,19,21H,11-13H2,1-2H3. The van der Waals surface area contributed by atoms with Gasteiger partial charge in [-0.3, -0.25) is 4.79 Å². The number of aliphatic hydroxyl groups excluding tert-OH is 1. The summed E-state index contributed by atoms with van der Waals surface area (Å²) in [7, 11) is 3.40. The second-order valence-electron chi connectivity index (χ2n) is 5.43. The third-order valence-electron chi connectivity index (χ3n) is 3.40. The monoisotopic (exact) mass is 314 g/mol. The summed E-state index contributed by atoms with van der Waals surface area (Å²) in [6.07, 6.45) is 0. The maximum atomic E-state index is 11.5. The van der Waals surface area contributed by atoms with E-state index in [2.05, 4.69) is 5.32 Å². The number of likely N-dealkylation sites (N-methyl/N-ethyl adjacent to an activating group) is 1. The predicted octanol–water partition coefficient (Wildman–Crippen LogP) is 2.26. The molecule has 2 aromatic carbocycles. The molecule has 2 aromatic rings. The molecule has 1 amide bonds. The first-order chi connectivity index (χ1) is 11.1. The summed E-state index contributed by atoms with van der Waals surface area (Å²) in [5, 5.41) is 12.3. The summed E-state index contributed by atoms with van der Waals surface area (Å²) in [6, 6.07) is 15.3. The Morgan fingerprint density at radius 2 is 1.83 bits per heavy atom. The maximum Gasteiger partial charge on any atom is 0.259 e. The van der Waals surface area contributed by atoms with Crippen LogP contribution in [0.5, 0.6) is 5.75 Å². The number of anilines is 1. The molecule has 0 aliphatic rings. The molecule has 0 saturated heterocycles. The average molecular weight is 314 g/mol. The first-order valence-electron chi connectivity index (χ1n) is 7.44. The zero-order valence-electron chi connectivity index (χ0n) is 13.5. The molecule has 0 saturated carbocycles. The van der Waals surface area contributed by atoms with Crippen LogP contribution < -0.4 is 10.1 Å². The Kier molecular flexibility index (Phi) is 6.00. The highest BCUT2D eigenvalue weighted by Crippen LogP contribution is 2.18. The maximum absolute atomic E-state index is 11.5. The van der Waals surface area contributed by atoms with Crippen molar-refractivity contribution in [3.63, 3.8) is 0 Å². The van der Waals surface area contributed by atoms with Gasteiger partial charge in [-0.2, -0.15) is 0 Å². The van der Waals surface area contributed by atoms with Crippen LogP contribution in [0.2, 0.25) is 0 Å². The molecule has 0 atom stereocenters. The van der Waals surface area contributed by atoms with E-state index in [9.17, 15) is 4.79 Å². The fourth-order valence-corrected chi connectivity index (χ4v) is 1.94. The highest BCUT2D eigenvalue weighted by Gasteiger charge is 2.05. The smallest absolute Gasteiger partial charge is 0.259 e. The molecule has 0 heterocycles. The Morgan fingerprint density at radius 3 is 2.48 bits per heavy atom. The first kappa shape index (κ1) is 16.8. The summed E-state index contributed by atoms with van der Waals surface area (Å²) in [4.78, 5) is 13.0. The van der Waals surface area contributed by atoms with Crippen molar-refractivity contribution in [1.82, 2.24) is 4.90 Å². The molecule has 23 heavy (non-hydrogen) atoms. The minimum atomic E-state index is -0.0765. The lowest BCUT2D eigenvalue weighted by Gasteiger charge is -2.12. The van der Waals surface area contributed by atoms with E-state index < -0.39 is 0 Å². The van der Waals surface area contributed by atoms with Crippen molar-refractivity contribution in [2.45, 2.75) is 13.2 Å². The number of hydrogen-bond donors (Lipinski definition) is 2. The minimum absolute atomic E-state index is 0.0269. The normalized spacial score (nSPS) is 10.2. The second kappa shape index (κ2) is 8.19. The van der Waals surface area contributed by atoms with Gasteiger partial charge in [0.1, 0.15) is 5.75 Å². The van der Waals surface area contributed by atoms with Crippen molar-refractivity contribution >= 4 is 11.6 Å². The minimum Gasteiger partial charge on any atom is -0.484 e. The number of hydrogen-bond acceptors (Lipinski definition) is 4. The third kappa shape index (κ3) is 5.30. The molecule has 0 fully saturated rings. The number of nitrogens with one attached hydrogen (secondary N) is 1. The van der Waals surface area contributed by atoms with Crippen molar-refractivity contribution in [3.8, 4) is 5.75 Å². The zero-order chi connectivity index (χ0) is 16.7. The van der Waals surface area contributed by atoms with Gasteiger partial charge in [0.25, 0.3) is 5.91 Å². The molecule has 2 rings (SSSR count). The lowest BCUT2D eigenvalue weighted by atomic mass is 10.1. The van der Waals surface area contributed by atoms with Crippen molar-refractivity contribution in [3.05, 3.63) is 59.7 Å². The molecule has 0 unspecified atom stereocenters. The molecule has 2 N–H and O–H groups in total. The molecule has 5 heteroatoms. The van der Waals surface area contributed by atoms with E-state index in [4.69, 9.17) is 9.84 Å². The van der Waals surface area contributed by atoms with Crippen LogP contribution in [0.4, 0.5) is 5.69 Å². The number of nitrogens with zero attached hydrogens (tertiary/aromatic N) is 1. The van der Waals surface area contributed by atoms with E-state index in [1.54, 1.807) is 14.1 Å². The number of amides is 1. The van der Waals surface area contributed by atoms with E-state index in [1.807, 2.05) is 48.5 Å². The number of benzene rings is 2. The fraction of sp³-hybridized carbons (Fsp3) is 0.278. The number of rotatable bonds is 7. The summed E-state index contributed by atoms with van der Waals surface area (Å²) in [5.74, 6) is 0.577. The Morgan fingerprint density at radius 1 is 1.13 bits per heavy atom. The predicted molar refractivity (Wildman–Crippen MR) is 90.3 cm³/mol. The third-order valence-corrected chi connectivity index (χ3v) is 3.40. The van der Waals surface area contributed by atoms with Gasteiger partial charge in [0.15, 0.2) is 6.61 Å². The Labute approximate surface area is 136 Å². The summed E-state index contributed by atoms with van der Waals surface area (Å²) < 4.78 is 5.49. The number of carbonyl (C=O) groups is 1. The molecular formula is C18H22N2O3. The summed E-state index contributed by atoms with van der Waals surface area (Å²) in [6.45, 7) is 0.754. The summed E-state index contributed by atoms with van der Waals surface area (Å²) >= 11 is 0. The highest BCUT2D eigenvalue weighted by molar-refractivity contribution is 5.77. The van der Waals surface area contributed by atoms with Crippen molar-refractivity contribution in [2.24, 2.45) is 0 Å². The molecular weight excluding hydrogens is 292 g/mol. The number of carbonyl (C=O) groups excluding carboxylic acids is 1. The topological polar surface area (TPSA) is 61.8 Å². The molecule has 0 aromatic heterocycles. The average Bonchev–Trinajstić information content (AvgIpc) is 2.58. The first-order valence-corrected chi connectivity index (χ1v) is 7.44. The van der Waals surface area contributed by atoms with Crippen LogP contribution in [0.25, 0.3) is 0 Å². The van der Waals surface area contributed by atoms with Crippen LogP contribution in [-0.4, -0.2) is 36.6 Å². The second-order valence-corrected chi connectivity index (χ2v) is 5.43. The Balaban J connectivity index is 1.90. The number of ether oxygens (including phenoxy) is 1. The van der Waals surface area contributed by atoms with Gasteiger partial charge in [0.05, 0.1) is 6.61 Å². The molecule has 0 aliphatic carbocycles. The van der Waals surface area contributed by atoms with E-state index >= 15 is 0 Å². The van der Waals surface area contributed by atoms with Crippen LogP contribution in [0.1, 0.15) is 11.1 Å². The molecule has 0 spiro atoms. The van der Waals surface area contributed by atoms with Gasteiger partial charge in [-0.05, 0) is 23.3 Å². The van der Waals surface area contributed by atoms with Gasteiger partial charge in [-0.1, -0.05) is 30.3 Å². The molecule has 0 aliphatic heterocycles. The van der Waals surface area contributed by atoms with Gasteiger partial charge in [-0.25, -0.2) is 0 Å². The number of aliphatic hydroxyl groups is 1. The SMILES string of the molecule is CN(C)C(=O)COc1cccc(NCc2ccc(CO)cc2)c1. The fourth-order valence-electron chi connectivity index (χ4n) is 1.94. The Hall–Kier alpha value is -2.53. The van der Waals surface area contributed by atoms with E-state index in [-0.39, 0.29) is 19.1 Å². The molecule has 5 nitrogen and oxygen atoms in total. The van der Waals surface area contributed by atoms with Crippen molar-refractivity contribution in [1.29, 1.82) is 0 Å². The quantitative estimate of drug-likeness (QED) is 0.823. The van der Waals surface area contributed by atoms with Crippen molar-refractivity contribution in [2.75, 3.05) is 26.0 Å². The lowest BCUT2D eigenvalue weighted by Crippen LogP contribution is -2.27. The van der Waals surface area contributed by atoms with E-state index in [1.165, 1.54) is 4.90 Å². The van der Waals surface area contributed by atoms with Crippen LogP contribution >= 0.6 is 0 Å². The van der Waals surface area contributed by atoms with Crippen molar-refractivity contribution < 1.29 is 14.6 Å². The van der Waals surface area contributed by atoms with Crippen LogP contribution in [-0.2, 0) is 17.9 Å². The van der Waals surface area contributed by atoms with Crippen LogP contribution in [0.15, 0.2) is 48.5 Å². The summed E-state index contributed by atoms with van der Waals surface area (Å²) in [5.41, 5.74) is 2.94. The van der Waals surface area contributed by atoms with E-state index in [0.717, 1.165) is 16.8 Å². The lowest BCUT2D eigenvalue weighted by molar-refractivity contribution is -0.130. The zero-order valence-corrected chi connectivity index (χ0v) is 13.5. The van der Waals surface area contributed by atoms with Gasteiger partial charge in [-0.15, -0.1) is 0 Å². The largest absolute Gasteiger partial charge is 0.484 e. The highest BCUT2D eigenvalue weighted by atomic mass is 16.5. The van der Waals surface area contributed by atoms with Gasteiger partial charge in [0, 0.05) is 32.4 Å². The Bertz CT molecular complexity index is 639. The van der Waals surface area contributed by atoms with E-state index in [0.29, 0.717) is 12.3 Å². The van der Waals surface area contributed by atoms with Gasteiger partial charge < -0.3 is 20.1 Å². The molecule has 0 bridgehead atoms. The van der Waals surface area contributed by atoms with Gasteiger partial charge >= 0.3 is 0 Å². The molecule has 122 valence electrons.